The summed E-state index contributed by atoms with van der Waals surface area (Å²) in [5, 5.41) is 11.8. The van der Waals surface area contributed by atoms with Crippen molar-refractivity contribution >= 4 is 33.1 Å². The lowest BCUT2D eigenvalue weighted by atomic mass is 9.72. The Morgan fingerprint density at radius 1 is 1.27 bits per heavy atom. The minimum atomic E-state index is -0.285. The molecule has 7 heteroatoms. The van der Waals surface area contributed by atoms with Gasteiger partial charge >= 0.3 is 0 Å². The van der Waals surface area contributed by atoms with Gasteiger partial charge in [0, 0.05) is 10.6 Å². The predicted octanol–water partition coefficient (Wildman–Crippen LogP) is 4.21. The second-order valence-electron chi connectivity index (χ2n) is 9.14. The fourth-order valence-electron chi connectivity index (χ4n) is 4.13. The summed E-state index contributed by atoms with van der Waals surface area (Å²) in [6.07, 6.45) is 3.88. The van der Waals surface area contributed by atoms with Gasteiger partial charge in [0.15, 0.2) is 4.83 Å². The number of hydrogen-bond acceptors (Lipinski definition) is 5. The molecule has 1 atom stereocenters. The third-order valence-electron chi connectivity index (χ3n) is 6.10. The van der Waals surface area contributed by atoms with Crippen molar-refractivity contribution in [1.82, 2.24) is 15.0 Å². The quantitative estimate of drug-likeness (QED) is 0.681. The molecule has 4 rings (SSSR count). The number of fused-ring (bicyclic) bond motifs is 3. The number of aryl methyl sites for hydroxylation is 2. The van der Waals surface area contributed by atoms with E-state index in [2.05, 4.69) is 43.3 Å². The van der Waals surface area contributed by atoms with Crippen molar-refractivity contribution < 1.29 is 4.79 Å². The number of carbonyl (C=O) groups is 1. The maximum absolute atomic E-state index is 13.1. The summed E-state index contributed by atoms with van der Waals surface area (Å²) in [5.41, 5.74) is 3.05. The molecule has 1 amide bonds. The van der Waals surface area contributed by atoms with E-state index in [9.17, 15) is 9.59 Å². The van der Waals surface area contributed by atoms with Crippen molar-refractivity contribution in [2.45, 2.75) is 59.9 Å². The van der Waals surface area contributed by atoms with E-state index in [-0.39, 0.29) is 23.4 Å². The van der Waals surface area contributed by atoms with Crippen LogP contribution in [0.2, 0.25) is 0 Å². The number of nitrogens with zero attached hydrogens (tertiary/aromatic N) is 3. The molecule has 0 spiro atoms. The number of hydrogen-bond donors (Lipinski definition) is 1. The Morgan fingerprint density at radius 2 is 2.00 bits per heavy atom. The van der Waals surface area contributed by atoms with Crippen LogP contribution in [0.5, 0.6) is 0 Å². The van der Waals surface area contributed by atoms with Crippen LogP contribution >= 0.6 is 11.3 Å². The van der Waals surface area contributed by atoms with Gasteiger partial charge in [0.25, 0.3) is 5.56 Å². The molecule has 0 saturated heterocycles. The molecule has 3 aromatic rings. The first-order valence-corrected chi connectivity index (χ1v) is 11.3. The lowest BCUT2D eigenvalue weighted by Gasteiger charge is -2.33. The molecule has 158 valence electrons. The van der Waals surface area contributed by atoms with Crippen molar-refractivity contribution in [2.24, 2.45) is 11.3 Å². The number of anilines is 1. The molecule has 1 aliphatic carbocycles. The summed E-state index contributed by atoms with van der Waals surface area (Å²) in [6.45, 7) is 8.76. The molecule has 2 aromatic heterocycles. The zero-order chi connectivity index (χ0) is 21.5. The molecular weight excluding hydrogens is 396 g/mol. The van der Waals surface area contributed by atoms with E-state index in [0.29, 0.717) is 21.8 Å². The van der Waals surface area contributed by atoms with Crippen LogP contribution < -0.4 is 10.9 Å². The van der Waals surface area contributed by atoms with E-state index in [0.717, 1.165) is 31.2 Å². The van der Waals surface area contributed by atoms with Crippen LogP contribution in [-0.2, 0) is 30.6 Å². The molecule has 0 saturated carbocycles. The molecule has 1 aromatic carbocycles. The van der Waals surface area contributed by atoms with Gasteiger partial charge in [-0.05, 0) is 60.3 Å². The minimum Gasteiger partial charge on any atom is -0.324 e. The first-order valence-electron chi connectivity index (χ1n) is 10.5. The summed E-state index contributed by atoms with van der Waals surface area (Å²) >= 11 is 1.58. The Labute approximate surface area is 180 Å². The van der Waals surface area contributed by atoms with Crippen molar-refractivity contribution in [3.05, 3.63) is 50.6 Å². The van der Waals surface area contributed by atoms with E-state index in [1.807, 2.05) is 24.3 Å². The number of nitrogens with one attached hydrogen (secondary N) is 1. The lowest BCUT2D eigenvalue weighted by molar-refractivity contribution is -0.117. The zero-order valence-corrected chi connectivity index (χ0v) is 18.8. The number of amides is 1. The second-order valence-corrected chi connectivity index (χ2v) is 10.2. The first kappa shape index (κ1) is 20.7. The highest BCUT2D eigenvalue weighted by Gasteiger charge is 2.32. The van der Waals surface area contributed by atoms with Gasteiger partial charge in [-0.1, -0.05) is 45.0 Å². The molecule has 1 aliphatic rings. The second kappa shape index (κ2) is 7.95. The van der Waals surface area contributed by atoms with Gasteiger partial charge in [-0.15, -0.1) is 16.4 Å². The van der Waals surface area contributed by atoms with Crippen LogP contribution in [0.25, 0.3) is 10.2 Å². The summed E-state index contributed by atoms with van der Waals surface area (Å²) in [4.78, 5) is 27.5. The zero-order valence-electron chi connectivity index (χ0n) is 18.0. The summed E-state index contributed by atoms with van der Waals surface area (Å²) in [5.74, 6) is 0.310. The third-order valence-corrected chi connectivity index (χ3v) is 7.24. The highest BCUT2D eigenvalue weighted by atomic mass is 32.1. The van der Waals surface area contributed by atoms with Gasteiger partial charge in [0.05, 0.1) is 5.39 Å². The van der Waals surface area contributed by atoms with E-state index in [4.69, 9.17) is 0 Å². The Hall–Kier alpha value is -2.54. The van der Waals surface area contributed by atoms with Crippen LogP contribution in [-0.4, -0.2) is 20.9 Å². The van der Waals surface area contributed by atoms with Crippen LogP contribution in [0.1, 0.15) is 50.1 Å². The van der Waals surface area contributed by atoms with E-state index in [1.54, 1.807) is 11.3 Å². The van der Waals surface area contributed by atoms with Gasteiger partial charge in [-0.25, -0.2) is 4.68 Å². The molecule has 6 nitrogen and oxygen atoms in total. The van der Waals surface area contributed by atoms with Gasteiger partial charge in [0.1, 0.15) is 6.54 Å². The maximum Gasteiger partial charge on any atom is 0.279 e. The summed E-state index contributed by atoms with van der Waals surface area (Å²) in [6, 6.07) is 7.71. The fourth-order valence-corrected chi connectivity index (χ4v) is 5.36. The Bertz CT molecular complexity index is 1140. The number of rotatable bonds is 4. The topological polar surface area (TPSA) is 76.9 Å². The maximum atomic E-state index is 13.1. The van der Waals surface area contributed by atoms with Crippen LogP contribution in [0.3, 0.4) is 0 Å². The normalized spacial score (nSPS) is 16.5. The molecule has 1 N–H and O–H groups in total. The molecule has 30 heavy (non-hydrogen) atoms. The van der Waals surface area contributed by atoms with Crippen LogP contribution in [0.15, 0.2) is 29.1 Å². The predicted molar refractivity (Wildman–Crippen MR) is 121 cm³/mol. The van der Waals surface area contributed by atoms with Crippen molar-refractivity contribution in [3.8, 4) is 0 Å². The van der Waals surface area contributed by atoms with E-state index < -0.39 is 0 Å². The highest BCUT2D eigenvalue weighted by molar-refractivity contribution is 7.18. The molecule has 2 heterocycles. The molecule has 0 fully saturated rings. The number of thiophene rings is 1. The SMILES string of the molecule is CCc1ccc(NC(=O)Cn2nnc3sc4c(c3c2=O)CC[C@H](C(C)(C)C)C4)cc1. The van der Waals surface area contributed by atoms with Crippen molar-refractivity contribution in [3.63, 3.8) is 0 Å². The van der Waals surface area contributed by atoms with Crippen molar-refractivity contribution in [2.75, 3.05) is 5.32 Å². The third kappa shape index (κ3) is 4.03. The van der Waals surface area contributed by atoms with Crippen molar-refractivity contribution in [1.29, 1.82) is 0 Å². The van der Waals surface area contributed by atoms with E-state index >= 15 is 0 Å². The number of carbonyl (C=O) groups excluding carboxylic acids is 1. The van der Waals surface area contributed by atoms with Gasteiger partial charge in [-0.2, -0.15) is 0 Å². The molecule has 0 bridgehead atoms. The largest absolute Gasteiger partial charge is 0.324 e. The monoisotopic (exact) mass is 424 g/mol. The molecule has 0 unspecified atom stereocenters. The van der Waals surface area contributed by atoms with Crippen LogP contribution in [0.4, 0.5) is 5.69 Å². The van der Waals surface area contributed by atoms with Gasteiger partial charge < -0.3 is 5.32 Å². The Morgan fingerprint density at radius 3 is 2.67 bits per heavy atom. The molecule has 0 radical (unpaired) electrons. The molecular formula is C23H28N4O2S. The van der Waals surface area contributed by atoms with Crippen LogP contribution in [0, 0.1) is 11.3 Å². The van der Waals surface area contributed by atoms with Gasteiger partial charge in [0.2, 0.25) is 5.91 Å². The summed E-state index contributed by atoms with van der Waals surface area (Å²) < 4.78 is 1.18. The average molecular weight is 425 g/mol. The summed E-state index contributed by atoms with van der Waals surface area (Å²) in [7, 11) is 0. The Kier molecular flexibility index (Phi) is 5.49. The standard InChI is InChI=1S/C23H28N4O2S/c1-5-14-6-9-16(10-7-14)24-19(28)13-27-22(29)20-17-11-8-15(23(2,3)4)12-18(17)30-21(20)25-26-27/h6-7,9-10,15H,5,8,11-13H2,1-4H3,(H,24,28)/t15-/m0/s1. The fraction of sp³-hybridized carbons (Fsp3) is 0.478. The number of aromatic nitrogens is 3. The molecule has 0 aliphatic heterocycles. The van der Waals surface area contributed by atoms with Gasteiger partial charge in [-0.3, -0.25) is 9.59 Å². The lowest BCUT2D eigenvalue weighted by Crippen LogP contribution is -2.31. The average Bonchev–Trinajstić information content (AvgIpc) is 3.08. The van der Waals surface area contributed by atoms with E-state index in [1.165, 1.54) is 15.1 Å². The number of benzene rings is 1. The Balaban J connectivity index is 1.56. The minimum absolute atomic E-state index is 0.146. The first-order chi connectivity index (χ1) is 14.3. The highest BCUT2D eigenvalue weighted by Crippen LogP contribution is 2.41. The smallest absolute Gasteiger partial charge is 0.279 e.